The predicted molar refractivity (Wildman–Crippen MR) is 83.6 cm³/mol. The number of carbonyl (C=O) groups is 1. The van der Waals surface area contributed by atoms with E-state index in [9.17, 15) is 13.2 Å². The van der Waals surface area contributed by atoms with Gasteiger partial charge in [-0.3, -0.25) is 4.79 Å². The third kappa shape index (κ3) is 4.31. The minimum Gasteiger partial charge on any atom is -0.462 e. The molecule has 0 aliphatic rings. The Balaban J connectivity index is 1.99. The van der Waals surface area contributed by atoms with Crippen LogP contribution in [0.1, 0.15) is 18.4 Å². The minimum absolute atomic E-state index is 0.0104. The molecular formula is C15H16N2O4S. The molecule has 0 unspecified atom stereocenters. The van der Waals surface area contributed by atoms with E-state index in [-0.39, 0.29) is 10.8 Å². The van der Waals surface area contributed by atoms with E-state index < -0.39 is 10.0 Å². The van der Waals surface area contributed by atoms with Gasteiger partial charge in [0.25, 0.3) is 0 Å². The maximum atomic E-state index is 11.8. The molecule has 1 heterocycles. The monoisotopic (exact) mass is 320 g/mol. The summed E-state index contributed by atoms with van der Waals surface area (Å²) in [6.45, 7) is 1.98. The molecule has 22 heavy (non-hydrogen) atoms. The lowest BCUT2D eigenvalue weighted by Gasteiger charge is -2.03. The van der Waals surface area contributed by atoms with Crippen LogP contribution in [0.4, 0.5) is 5.69 Å². The van der Waals surface area contributed by atoms with Crippen LogP contribution in [-0.4, -0.2) is 14.3 Å². The molecule has 1 aromatic carbocycles. The van der Waals surface area contributed by atoms with E-state index in [4.69, 9.17) is 9.56 Å². The molecule has 0 spiro atoms. The Hall–Kier alpha value is -2.38. The number of anilines is 1. The molecule has 0 aliphatic carbocycles. The Kier molecular flexibility index (Phi) is 4.79. The van der Waals surface area contributed by atoms with Crippen LogP contribution >= 0.6 is 0 Å². The average Bonchev–Trinajstić information content (AvgIpc) is 2.93. The summed E-state index contributed by atoms with van der Waals surface area (Å²) in [5.74, 6) is 1.09. The van der Waals surface area contributed by atoms with Gasteiger partial charge in [0.15, 0.2) is 0 Å². The normalized spacial score (nSPS) is 11.7. The molecular weight excluding hydrogens is 304 g/mol. The number of rotatable bonds is 5. The molecule has 2 aromatic rings. The first kappa shape index (κ1) is 16.0. The van der Waals surface area contributed by atoms with Gasteiger partial charge in [-0.2, -0.15) is 0 Å². The Morgan fingerprint density at radius 2 is 1.91 bits per heavy atom. The number of benzene rings is 1. The van der Waals surface area contributed by atoms with Gasteiger partial charge in [-0.05, 0) is 42.5 Å². The van der Waals surface area contributed by atoms with Crippen molar-refractivity contribution < 1.29 is 17.6 Å². The van der Waals surface area contributed by atoms with Gasteiger partial charge in [-0.25, -0.2) is 13.6 Å². The Labute approximate surface area is 128 Å². The van der Waals surface area contributed by atoms with Crippen LogP contribution in [0, 0.1) is 0 Å². The fourth-order valence-corrected chi connectivity index (χ4v) is 2.26. The van der Waals surface area contributed by atoms with Crippen LogP contribution in [0.25, 0.3) is 6.08 Å². The second-order valence-corrected chi connectivity index (χ2v) is 6.11. The summed E-state index contributed by atoms with van der Waals surface area (Å²) in [5, 5.41) is 7.61. The van der Waals surface area contributed by atoms with Crippen molar-refractivity contribution in [2.24, 2.45) is 5.14 Å². The molecule has 7 heteroatoms. The quantitative estimate of drug-likeness (QED) is 0.824. The highest BCUT2D eigenvalue weighted by atomic mass is 32.2. The first-order valence-corrected chi connectivity index (χ1v) is 8.14. The maximum absolute atomic E-state index is 11.8. The molecule has 1 aromatic heterocycles. The first-order chi connectivity index (χ1) is 10.4. The molecule has 0 saturated carbocycles. The van der Waals surface area contributed by atoms with Gasteiger partial charge in [-0.1, -0.05) is 6.92 Å². The van der Waals surface area contributed by atoms with E-state index in [1.165, 1.54) is 30.3 Å². The number of hydrogen-bond donors (Lipinski definition) is 2. The topological polar surface area (TPSA) is 102 Å². The van der Waals surface area contributed by atoms with E-state index in [2.05, 4.69) is 5.32 Å². The molecule has 0 saturated heterocycles. The fraction of sp³-hybridized carbons (Fsp3) is 0.133. The molecule has 116 valence electrons. The summed E-state index contributed by atoms with van der Waals surface area (Å²) in [6, 6.07) is 9.22. The predicted octanol–water partition coefficient (Wildman–Crippen LogP) is 2.14. The lowest BCUT2D eigenvalue weighted by molar-refractivity contribution is -0.111. The van der Waals surface area contributed by atoms with Crippen LogP contribution in [0.3, 0.4) is 0 Å². The fourth-order valence-electron chi connectivity index (χ4n) is 1.74. The molecule has 1 amide bonds. The third-order valence-electron chi connectivity index (χ3n) is 2.88. The van der Waals surface area contributed by atoms with E-state index >= 15 is 0 Å². The molecule has 0 bridgehead atoms. The number of amides is 1. The molecule has 0 radical (unpaired) electrons. The number of furan rings is 1. The number of sulfonamides is 1. The highest BCUT2D eigenvalue weighted by molar-refractivity contribution is 7.89. The number of nitrogens with one attached hydrogen (secondary N) is 1. The van der Waals surface area contributed by atoms with Crippen LogP contribution < -0.4 is 10.5 Å². The smallest absolute Gasteiger partial charge is 0.248 e. The largest absolute Gasteiger partial charge is 0.462 e. The minimum atomic E-state index is -3.73. The van der Waals surface area contributed by atoms with E-state index in [1.54, 1.807) is 12.1 Å². The zero-order chi connectivity index (χ0) is 16.2. The summed E-state index contributed by atoms with van der Waals surface area (Å²) in [4.78, 5) is 11.8. The van der Waals surface area contributed by atoms with Crippen LogP contribution in [-0.2, 0) is 21.2 Å². The third-order valence-corrected chi connectivity index (χ3v) is 3.81. The van der Waals surface area contributed by atoms with Gasteiger partial charge in [-0.15, -0.1) is 0 Å². The SMILES string of the molecule is CCc1ccc(/C=C/C(=O)Nc2ccc(S(N)(=O)=O)cc2)o1. The summed E-state index contributed by atoms with van der Waals surface area (Å²) in [6.07, 6.45) is 3.69. The number of primary sulfonamides is 1. The Bertz CT molecular complexity index is 789. The molecule has 0 aliphatic heterocycles. The number of aryl methyl sites for hydroxylation is 1. The Morgan fingerprint density at radius 3 is 2.45 bits per heavy atom. The number of hydrogen-bond acceptors (Lipinski definition) is 4. The second-order valence-electron chi connectivity index (χ2n) is 4.55. The highest BCUT2D eigenvalue weighted by Gasteiger charge is 2.07. The van der Waals surface area contributed by atoms with Crippen molar-refractivity contribution in [3.8, 4) is 0 Å². The van der Waals surface area contributed by atoms with Gasteiger partial charge in [0.1, 0.15) is 11.5 Å². The summed E-state index contributed by atoms with van der Waals surface area (Å²) in [5.41, 5.74) is 0.468. The van der Waals surface area contributed by atoms with Crippen molar-refractivity contribution in [2.75, 3.05) is 5.32 Å². The molecule has 0 fully saturated rings. The van der Waals surface area contributed by atoms with Crippen LogP contribution in [0.15, 0.2) is 51.8 Å². The van der Waals surface area contributed by atoms with Crippen LogP contribution in [0.5, 0.6) is 0 Å². The Morgan fingerprint density at radius 1 is 1.23 bits per heavy atom. The average molecular weight is 320 g/mol. The zero-order valence-corrected chi connectivity index (χ0v) is 12.8. The van der Waals surface area contributed by atoms with Crippen molar-refractivity contribution in [3.05, 3.63) is 54.0 Å². The summed E-state index contributed by atoms with van der Waals surface area (Å²) < 4.78 is 27.7. The lowest BCUT2D eigenvalue weighted by atomic mass is 10.3. The van der Waals surface area contributed by atoms with Crippen molar-refractivity contribution in [1.29, 1.82) is 0 Å². The molecule has 0 atom stereocenters. The zero-order valence-electron chi connectivity index (χ0n) is 11.9. The number of carbonyl (C=O) groups excluding carboxylic acids is 1. The van der Waals surface area contributed by atoms with Crippen molar-refractivity contribution in [1.82, 2.24) is 0 Å². The summed E-state index contributed by atoms with van der Waals surface area (Å²) >= 11 is 0. The van der Waals surface area contributed by atoms with Gasteiger partial charge in [0.05, 0.1) is 4.90 Å². The van der Waals surface area contributed by atoms with Crippen molar-refractivity contribution in [3.63, 3.8) is 0 Å². The standard InChI is InChI=1S/C15H16N2O4S/c1-2-12-5-6-13(21-12)7-10-15(18)17-11-3-8-14(9-4-11)22(16,19)20/h3-10H,2H2,1H3,(H,17,18)(H2,16,19,20)/b10-7+. The van der Waals surface area contributed by atoms with E-state index in [1.807, 2.05) is 13.0 Å². The highest BCUT2D eigenvalue weighted by Crippen LogP contribution is 2.13. The van der Waals surface area contributed by atoms with Crippen molar-refractivity contribution >= 4 is 27.7 Å². The number of nitrogens with two attached hydrogens (primary N) is 1. The maximum Gasteiger partial charge on any atom is 0.248 e. The summed E-state index contributed by atoms with van der Waals surface area (Å²) in [7, 11) is -3.73. The second kappa shape index (κ2) is 6.59. The van der Waals surface area contributed by atoms with Crippen molar-refractivity contribution in [2.45, 2.75) is 18.2 Å². The molecule has 3 N–H and O–H groups in total. The molecule has 2 rings (SSSR count). The van der Waals surface area contributed by atoms with Gasteiger partial charge in [0.2, 0.25) is 15.9 Å². The molecule has 6 nitrogen and oxygen atoms in total. The lowest BCUT2D eigenvalue weighted by Crippen LogP contribution is -2.12. The van der Waals surface area contributed by atoms with Gasteiger partial charge >= 0.3 is 0 Å². The van der Waals surface area contributed by atoms with Gasteiger partial charge in [0, 0.05) is 18.2 Å². The first-order valence-electron chi connectivity index (χ1n) is 6.59. The van der Waals surface area contributed by atoms with Gasteiger partial charge < -0.3 is 9.73 Å². The van der Waals surface area contributed by atoms with E-state index in [0.717, 1.165) is 12.2 Å². The van der Waals surface area contributed by atoms with Crippen LogP contribution in [0.2, 0.25) is 0 Å². The van der Waals surface area contributed by atoms with E-state index in [0.29, 0.717) is 11.4 Å².